The van der Waals surface area contributed by atoms with Crippen molar-refractivity contribution in [3.05, 3.63) is 35.4 Å². The molecule has 106 valence electrons. The maximum absolute atomic E-state index is 13.6. The van der Waals surface area contributed by atoms with Crippen molar-refractivity contribution in [1.29, 1.82) is 0 Å². The third-order valence-electron chi connectivity index (χ3n) is 4.09. The fourth-order valence-electron chi connectivity index (χ4n) is 3.01. The second-order valence-electron chi connectivity index (χ2n) is 5.51. The monoisotopic (exact) mass is 268 g/mol. The molecule has 0 aliphatic heterocycles. The van der Waals surface area contributed by atoms with E-state index < -0.39 is 11.6 Å². The van der Waals surface area contributed by atoms with Gasteiger partial charge < -0.3 is 0 Å². The van der Waals surface area contributed by atoms with Crippen LogP contribution in [0.1, 0.15) is 44.1 Å². The first-order valence-corrected chi connectivity index (χ1v) is 7.09. The van der Waals surface area contributed by atoms with Crippen LogP contribution in [0.4, 0.5) is 8.78 Å². The van der Waals surface area contributed by atoms with Gasteiger partial charge in [-0.2, -0.15) is 0 Å². The summed E-state index contributed by atoms with van der Waals surface area (Å²) in [6.45, 7) is 0. The highest BCUT2D eigenvalue weighted by molar-refractivity contribution is 5.20. The van der Waals surface area contributed by atoms with E-state index >= 15 is 0 Å². The zero-order valence-electron chi connectivity index (χ0n) is 11.2. The second-order valence-corrected chi connectivity index (χ2v) is 5.51. The van der Waals surface area contributed by atoms with Crippen LogP contribution in [0.5, 0.6) is 0 Å². The molecule has 19 heavy (non-hydrogen) atoms. The van der Waals surface area contributed by atoms with Gasteiger partial charge in [-0.3, -0.25) is 11.3 Å². The molecule has 0 heterocycles. The van der Waals surface area contributed by atoms with Gasteiger partial charge in [-0.05, 0) is 30.9 Å². The minimum Gasteiger partial charge on any atom is -0.271 e. The third-order valence-corrected chi connectivity index (χ3v) is 4.09. The number of rotatable bonds is 5. The van der Waals surface area contributed by atoms with E-state index in [-0.39, 0.29) is 11.6 Å². The Bertz CT molecular complexity index is 383. The molecule has 1 unspecified atom stereocenters. The van der Waals surface area contributed by atoms with Crippen molar-refractivity contribution in [2.45, 2.75) is 51.0 Å². The van der Waals surface area contributed by atoms with Crippen molar-refractivity contribution < 1.29 is 8.78 Å². The van der Waals surface area contributed by atoms with E-state index in [0.29, 0.717) is 12.3 Å². The average molecular weight is 268 g/mol. The number of hydrogen-bond donors (Lipinski definition) is 2. The third kappa shape index (κ3) is 3.98. The highest BCUT2D eigenvalue weighted by Gasteiger charge is 2.20. The molecule has 4 heteroatoms. The Balaban J connectivity index is 1.98. The molecule has 0 spiro atoms. The Hall–Kier alpha value is -1.00. The molecule has 0 amide bonds. The number of hydrogen-bond acceptors (Lipinski definition) is 2. The predicted octanol–water partition coefficient (Wildman–Crippen LogP) is 3.31. The van der Waals surface area contributed by atoms with E-state index in [2.05, 4.69) is 5.43 Å². The van der Waals surface area contributed by atoms with E-state index in [0.717, 1.165) is 6.42 Å². The smallest absolute Gasteiger partial charge is 0.129 e. The van der Waals surface area contributed by atoms with Crippen LogP contribution in [0.15, 0.2) is 18.2 Å². The summed E-state index contributed by atoms with van der Waals surface area (Å²) < 4.78 is 27.2. The maximum Gasteiger partial charge on any atom is 0.129 e. The molecular weight excluding hydrogens is 246 g/mol. The first kappa shape index (κ1) is 14.4. The highest BCUT2D eigenvalue weighted by Crippen LogP contribution is 2.28. The Morgan fingerprint density at radius 2 is 1.79 bits per heavy atom. The summed E-state index contributed by atoms with van der Waals surface area (Å²) in [7, 11) is 0. The predicted molar refractivity (Wildman–Crippen MR) is 72.4 cm³/mol. The normalized spacial score (nSPS) is 18.5. The molecule has 2 rings (SSSR count). The van der Waals surface area contributed by atoms with Crippen molar-refractivity contribution in [2.75, 3.05) is 0 Å². The van der Waals surface area contributed by atoms with E-state index in [1.165, 1.54) is 50.3 Å². The van der Waals surface area contributed by atoms with Crippen LogP contribution in [0.2, 0.25) is 0 Å². The quantitative estimate of drug-likeness (QED) is 0.635. The zero-order valence-corrected chi connectivity index (χ0v) is 11.2. The van der Waals surface area contributed by atoms with Gasteiger partial charge in [0.2, 0.25) is 0 Å². The lowest BCUT2D eigenvalue weighted by Crippen LogP contribution is -2.39. The summed E-state index contributed by atoms with van der Waals surface area (Å²) in [6, 6.07) is 3.92. The molecule has 1 aliphatic rings. The van der Waals surface area contributed by atoms with Crippen LogP contribution >= 0.6 is 0 Å². The summed E-state index contributed by atoms with van der Waals surface area (Å²) in [4.78, 5) is 0. The first-order valence-electron chi connectivity index (χ1n) is 7.09. The number of benzene rings is 1. The number of hydrazine groups is 1. The van der Waals surface area contributed by atoms with Crippen molar-refractivity contribution in [3.63, 3.8) is 0 Å². The second kappa shape index (κ2) is 6.96. The molecule has 0 aromatic heterocycles. The first-order chi connectivity index (χ1) is 9.20. The van der Waals surface area contributed by atoms with Gasteiger partial charge in [0.1, 0.15) is 11.6 Å². The minimum atomic E-state index is -0.483. The Kier molecular flexibility index (Phi) is 5.28. The highest BCUT2D eigenvalue weighted by atomic mass is 19.1. The molecule has 0 saturated heterocycles. The lowest BCUT2D eigenvalue weighted by Gasteiger charge is -2.26. The molecule has 1 aliphatic carbocycles. The van der Waals surface area contributed by atoms with E-state index in [1.807, 2.05) is 0 Å². The van der Waals surface area contributed by atoms with Gasteiger partial charge in [-0.1, -0.05) is 38.2 Å². The Morgan fingerprint density at radius 3 is 2.37 bits per heavy atom. The van der Waals surface area contributed by atoms with Crippen LogP contribution in [-0.4, -0.2) is 6.04 Å². The van der Waals surface area contributed by atoms with Gasteiger partial charge in [0, 0.05) is 11.6 Å². The maximum atomic E-state index is 13.6. The van der Waals surface area contributed by atoms with E-state index in [9.17, 15) is 8.78 Å². The molecule has 1 atom stereocenters. The molecule has 0 radical (unpaired) electrons. The fraction of sp³-hybridized carbons (Fsp3) is 0.600. The molecule has 1 saturated carbocycles. The molecule has 3 N–H and O–H groups in total. The summed E-state index contributed by atoms with van der Waals surface area (Å²) in [5, 5.41) is 0. The van der Waals surface area contributed by atoms with Crippen molar-refractivity contribution in [3.8, 4) is 0 Å². The van der Waals surface area contributed by atoms with Crippen molar-refractivity contribution in [2.24, 2.45) is 11.8 Å². The van der Waals surface area contributed by atoms with Gasteiger partial charge in [0.15, 0.2) is 0 Å². The number of nitrogens with two attached hydrogens (primary N) is 1. The topological polar surface area (TPSA) is 38.0 Å². The van der Waals surface area contributed by atoms with Crippen LogP contribution in [0, 0.1) is 17.6 Å². The molecular formula is C15H22F2N2. The fourth-order valence-corrected chi connectivity index (χ4v) is 3.01. The molecule has 0 bridgehead atoms. The SMILES string of the molecule is NNC(Cc1c(F)cccc1F)CC1CCCCC1. The Labute approximate surface area is 113 Å². The molecule has 1 fully saturated rings. The number of nitrogens with one attached hydrogen (secondary N) is 1. The molecule has 2 nitrogen and oxygen atoms in total. The standard InChI is InChI=1S/C15H22F2N2/c16-14-7-4-8-15(17)13(14)10-12(19-18)9-11-5-2-1-3-6-11/h4,7-8,11-12,19H,1-3,5-6,9-10,18H2. The zero-order chi connectivity index (χ0) is 13.7. The molecule has 1 aromatic rings. The van der Waals surface area contributed by atoms with Gasteiger partial charge >= 0.3 is 0 Å². The minimum absolute atomic E-state index is 0.0606. The van der Waals surface area contributed by atoms with Crippen molar-refractivity contribution >= 4 is 0 Å². The van der Waals surface area contributed by atoms with Crippen LogP contribution in [-0.2, 0) is 6.42 Å². The van der Waals surface area contributed by atoms with Gasteiger partial charge in [-0.25, -0.2) is 8.78 Å². The largest absolute Gasteiger partial charge is 0.271 e. The lowest BCUT2D eigenvalue weighted by atomic mass is 9.83. The average Bonchev–Trinajstić information content (AvgIpc) is 2.43. The number of halogens is 2. The molecule has 1 aromatic carbocycles. The van der Waals surface area contributed by atoms with Crippen LogP contribution in [0.3, 0.4) is 0 Å². The summed E-state index contributed by atoms with van der Waals surface area (Å²) >= 11 is 0. The van der Waals surface area contributed by atoms with Crippen molar-refractivity contribution in [1.82, 2.24) is 5.43 Å². The summed E-state index contributed by atoms with van der Waals surface area (Å²) in [6.07, 6.45) is 7.44. The van der Waals surface area contributed by atoms with Gasteiger partial charge in [0.25, 0.3) is 0 Å². The lowest BCUT2D eigenvalue weighted by molar-refractivity contribution is 0.295. The Morgan fingerprint density at radius 1 is 1.16 bits per heavy atom. The van der Waals surface area contributed by atoms with Gasteiger partial charge in [0.05, 0.1) is 0 Å². The summed E-state index contributed by atoms with van der Waals surface area (Å²) in [5.74, 6) is 5.21. The van der Waals surface area contributed by atoms with E-state index in [1.54, 1.807) is 0 Å². The summed E-state index contributed by atoms with van der Waals surface area (Å²) in [5.41, 5.74) is 2.86. The van der Waals surface area contributed by atoms with Gasteiger partial charge in [-0.15, -0.1) is 0 Å². The van der Waals surface area contributed by atoms with Crippen LogP contribution in [0.25, 0.3) is 0 Å². The van der Waals surface area contributed by atoms with E-state index in [4.69, 9.17) is 5.84 Å². The van der Waals surface area contributed by atoms with Crippen LogP contribution < -0.4 is 11.3 Å².